The van der Waals surface area contributed by atoms with Crippen molar-refractivity contribution in [3.8, 4) is 17.2 Å². The molecule has 0 aromatic heterocycles. The van der Waals surface area contributed by atoms with E-state index in [9.17, 15) is 4.79 Å². The number of rotatable bonds is 9. The zero-order valence-corrected chi connectivity index (χ0v) is 17.3. The molecule has 0 saturated carbocycles. The van der Waals surface area contributed by atoms with Gasteiger partial charge in [0.2, 0.25) is 11.7 Å². The van der Waals surface area contributed by atoms with E-state index in [4.69, 9.17) is 14.2 Å². The van der Waals surface area contributed by atoms with Gasteiger partial charge in [0.15, 0.2) is 11.5 Å². The highest BCUT2D eigenvalue weighted by atomic mass is 16.5. The summed E-state index contributed by atoms with van der Waals surface area (Å²) in [6.07, 6.45) is 3.56. The molecule has 6 heteroatoms. The fourth-order valence-electron chi connectivity index (χ4n) is 3.71. The number of aryl methyl sites for hydroxylation is 1. The average Bonchev–Trinajstić information content (AvgIpc) is 2.69. The predicted molar refractivity (Wildman–Crippen MR) is 107 cm³/mol. The van der Waals surface area contributed by atoms with Gasteiger partial charge in [-0.15, -0.1) is 0 Å². The van der Waals surface area contributed by atoms with Crippen LogP contribution in [0, 0.1) is 5.92 Å². The van der Waals surface area contributed by atoms with Gasteiger partial charge in [-0.05, 0) is 50.3 Å². The summed E-state index contributed by atoms with van der Waals surface area (Å²) in [7, 11) is 4.77. The average molecular weight is 379 g/mol. The van der Waals surface area contributed by atoms with E-state index < -0.39 is 0 Å². The number of benzene rings is 1. The number of hydrogen-bond acceptors (Lipinski definition) is 5. The summed E-state index contributed by atoms with van der Waals surface area (Å²) >= 11 is 0. The quantitative estimate of drug-likeness (QED) is 0.716. The SMILES string of the molecule is COc1ccc(CCC(=O)NCC(C)N2CCCC(C)C2)c(OC)c1OC. The fourth-order valence-corrected chi connectivity index (χ4v) is 3.71. The van der Waals surface area contributed by atoms with Crippen LogP contribution in [-0.4, -0.2) is 57.8 Å². The Morgan fingerprint density at radius 3 is 2.59 bits per heavy atom. The molecular formula is C21H34N2O4. The Morgan fingerprint density at radius 2 is 1.96 bits per heavy atom. The van der Waals surface area contributed by atoms with Crippen LogP contribution in [0.4, 0.5) is 0 Å². The number of piperidine rings is 1. The lowest BCUT2D eigenvalue weighted by molar-refractivity contribution is -0.121. The van der Waals surface area contributed by atoms with Gasteiger partial charge >= 0.3 is 0 Å². The minimum atomic E-state index is 0.0590. The number of ether oxygens (including phenoxy) is 3. The summed E-state index contributed by atoms with van der Waals surface area (Å²) < 4.78 is 16.2. The highest BCUT2D eigenvalue weighted by Crippen LogP contribution is 2.40. The third-order valence-electron chi connectivity index (χ3n) is 5.31. The predicted octanol–water partition coefficient (Wildman–Crippen LogP) is 2.88. The number of nitrogens with one attached hydrogen (secondary N) is 1. The van der Waals surface area contributed by atoms with E-state index in [0.717, 1.165) is 24.6 Å². The van der Waals surface area contributed by atoms with Crippen LogP contribution in [0.3, 0.4) is 0 Å². The van der Waals surface area contributed by atoms with Crippen molar-refractivity contribution in [2.24, 2.45) is 5.92 Å². The number of nitrogens with zero attached hydrogens (tertiary/aromatic N) is 1. The van der Waals surface area contributed by atoms with E-state index >= 15 is 0 Å². The second-order valence-corrected chi connectivity index (χ2v) is 7.39. The molecule has 0 radical (unpaired) electrons. The van der Waals surface area contributed by atoms with Crippen LogP contribution in [0.1, 0.15) is 38.7 Å². The lowest BCUT2D eigenvalue weighted by atomic mass is 9.99. The van der Waals surface area contributed by atoms with Gasteiger partial charge in [0.25, 0.3) is 0 Å². The number of amides is 1. The molecule has 2 rings (SSSR count). The number of likely N-dealkylation sites (tertiary alicyclic amines) is 1. The first-order valence-corrected chi connectivity index (χ1v) is 9.78. The number of methoxy groups -OCH3 is 3. The molecule has 2 atom stereocenters. The highest BCUT2D eigenvalue weighted by molar-refractivity contribution is 5.76. The summed E-state index contributed by atoms with van der Waals surface area (Å²) in [5.41, 5.74) is 0.934. The molecule has 2 unspecified atom stereocenters. The van der Waals surface area contributed by atoms with Crippen molar-refractivity contribution >= 4 is 5.91 Å². The molecule has 152 valence electrons. The van der Waals surface area contributed by atoms with E-state index in [0.29, 0.717) is 42.7 Å². The van der Waals surface area contributed by atoms with Crippen LogP contribution >= 0.6 is 0 Å². The van der Waals surface area contributed by atoms with Gasteiger partial charge in [0.05, 0.1) is 21.3 Å². The Balaban J connectivity index is 1.86. The summed E-state index contributed by atoms with van der Waals surface area (Å²) in [6, 6.07) is 4.13. The summed E-state index contributed by atoms with van der Waals surface area (Å²) in [6.45, 7) is 7.43. The first-order chi connectivity index (χ1) is 13.0. The van der Waals surface area contributed by atoms with Crippen molar-refractivity contribution in [3.05, 3.63) is 17.7 Å². The monoisotopic (exact) mass is 378 g/mol. The minimum absolute atomic E-state index is 0.0590. The van der Waals surface area contributed by atoms with Gasteiger partial charge in [0, 0.05) is 25.6 Å². The van der Waals surface area contributed by atoms with Gasteiger partial charge in [-0.25, -0.2) is 0 Å². The summed E-state index contributed by atoms with van der Waals surface area (Å²) in [5.74, 6) is 2.61. The molecule has 27 heavy (non-hydrogen) atoms. The Bertz CT molecular complexity index is 620. The summed E-state index contributed by atoms with van der Waals surface area (Å²) in [4.78, 5) is 14.8. The summed E-state index contributed by atoms with van der Waals surface area (Å²) in [5, 5.41) is 3.08. The van der Waals surface area contributed by atoms with Gasteiger partial charge in [0.1, 0.15) is 0 Å². The van der Waals surface area contributed by atoms with Crippen LogP contribution in [0.15, 0.2) is 12.1 Å². The van der Waals surface area contributed by atoms with E-state index in [1.165, 1.54) is 12.8 Å². The maximum atomic E-state index is 12.3. The van der Waals surface area contributed by atoms with Crippen LogP contribution < -0.4 is 19.5 Å². The highest BCUT2D eigenvalue weighted by Gasteiger charge is 2.21. The number of hydrogen-bond donors (Lipinski definition) is 1. The molecule has 1 aliphatic heterocycles. The number of carbonyl (C=O) groups is 1. The molecule has 0 aliphatic carbocycles. The van der Waals surface area contributed by atoms with Crippen molar-refractivity contribution in [2.45, 2.75) is 45.6 Å². The molecule has 1 heterocycles. The molecule has 1 N–H and O–H groups in total. The van der Waals surface area contributed by atoms with Gasteiger partial charge in [-0.3, -0.25) is 9.69 Å². The maximum absolute atomic E-state index is 12.3. The lowest BCUT2D eigenvalue weighted by Crippen LogP contribution is -2.46. The Morgan fingerprint density at radius 1 is 1.22 bits per heavy atom. The Kier molecular flexibility index (Phi) is 8.23. The molecule has 1 aromatic carbocycles. The van der Waals surface area contributed by atoms with E-state index in [2.05, 4.69) is 24.1 Å². The fraction of sp³-hybridized carbons (Fsp3) is 0.667. The second kappa shape index (κ2) is 10.4. The second-order valence-electron chi connectivity index (χ2n) is 7.39. The third-order valence-corrected chi connectivity index (χ3v) is 5.31. The largest absolute Gasteiger partial charge is 0.493 e. The van der Waals surface area contributed by atoms with E-state index in [1.807, 2.05) is 12.1 Å². The van der Waals surface area contributed by atoms with Crippen LogP contribution in [0.2, 0.25) is 0 Å². The van der Waals surface area contributed by atoms with Crippen molar-refractivity contribution in [2.75, 3.05) is 41.0 Å². The molecular weight excluding hydrogens is 344 g/mol. The van der Waals surface area contributed by atoms with E-state index in [-0.39, 0.29) is 5.91 Å². The van der Waals surface area contributed by atoms with Crippen molar-refractivity contribution in [1.82, 2.24) is 10.2 Å². The maximum Gasteiger partial charge on any atom is 0.220 e. The topological polar surface area (TPSA) is 60.0 Å². The molecule has 1 fully saturated rings. The van der Waals surface area contributed by atoms with Crippen LogP contribution in [0.25, 0.3) is 0 Å². The smallest absolute Gasteiger partial charge is 0.220 e. The molecule has 1 aliphatic rings. The molecule has 1 amide bonds. The van der Waals surface area contributed by atoms with E-state index in [1.54, 1.807) is 21.3 Å². The molecule has 0 spiro atoms. The normalized spacial score (nSPS) is 18.6. The third kappa shape index (κ3) is 5.76. The lowest BCUT2D eigenvalue weighted by Gasteiger charge is -2.35. The van der Waals surface area contributed by atoms with Gasteiger partial charge in [-0.1, -0.05) is 13.0 Å². The first-order valence-electron chi connectivity index (χ1n) is 9.78. The standard InChI is InChI=1S/C21H34N2O4/c1-15-7-6-12-23(14-15)16(2)13-22-19(24)11-9-17-8-10-18(25-3)21(27-5)20(17)26-4/h8,10,15-16H,6-7,9,11-14H2,1-5H3,(H,22,24). The Labute approximate surface area is 163 Å². The molecule has 1 saturated heterocycles. The molecule has 1 aromatic rings. The molecule has 0 bridgehead atoms. The van der Waals surface area contributed by atoms with Crippen molar-refractivity contribution in [1.29, 1.82) is 0 Å². The zero-order valence-electron chi connectivity index (χ0n) is 17.3. The van der Waals surface area contributed by atoms with Crippen molar-refractivity contribution in [3.63, 3.8) is 0 Å². The van der Waals surface area contributed by atoms with Crippen molar-refractivity contribution < 1.29 is 19.0 Å². The van der Waals surface area contributed by atoms with Gasteiger partial charge < -0.3 is 19.5 Å². The number of carbonyl (C=O) groups excluding carboxylic acids is 1. The van der Waals surface area contributed by atoms with Gasteiger partial charge in [-0.2, -0.15) is 0 Å². The van der Waals surface area contributed by atoms with Crippen LogP contribution in [-0.2, 0) is 11.2 Å². The minimum Gasteiger partial charge on any atom is -0.493 e. The Hall–Kier alpha value is -1.95. The first kappa shape index (κ1) is 21.4. The zero-order chi connectivity index (χ0) is 19.8. The van der Waals surface area contributed by atoms with Crippen LogP contribution in [0.5, 0.6) is 17.2 Å². The molecule has 6 nitrogen and oxygen atoms in total.